The second-order valence-electron chi connectivity index (χ2n) is 11.9. The van der Waals surface area contributed by atoms with Gasteiger partial charge in [0.05, 0.1) is 19.6 Å². The van der Waals surface area contributed by atoms with E-state index < -0.39 is 11.0 Å². The second-order valence-corrected chi connectivity index (χ2v) is 11.9. The number of nitrogens with zero attached hydrogens (tertiary/aromatic N) is 2. The SMILES string of the molecule is COc1ccc(/C=C2\CN(C)C[C@@]3(C2=O)[C@@H](c2ccc(OC)cc2)CN(C)[C@@]32C(=O)c3cccc4cccc2c34)cc1. The smallest absolute Gasteiger partial charge is 0.189 e. The minimum absolute atomic E-state index is 0.0141. The summed E-state index contributed by atoms with van der Waals surface area (Å²) in [5, 5.41) is 1.99. The Kier molecular flexibility index (Phi) is 6.12. The number of benzene rings is 4. The second kappa shape index (κ2) is 9.65. The van der Waals surface area contributed by atoms with Crippen LogP contribution in [0.1, 0.15) is 33.0 Å². The van der Waals surface area contributed by atoms with Gasteiger partial charge in [0.1, 0.15) is 17.0 Å². The summed E-state index contributed by atoms with van der Waals surface area (Å²) in [5.74, 6) is 1.35. The molecule has 212 valence electrons. The predicted molar refractivity (Wildman–Crippen MR) is 164 cm³/mol. The number of Topliss-reactive ketones (excluding diaryl/α,β-unsaturated/α-hetero) is 2. The first-order valence-electron chi connectivity index (χ1n) is 14.4. The molecule has 4 aromatic carbocycles. The Morgan fingerprint density at radius 2 is 1.45 bits per heavy atom. The first-order chi connectivity index (χ1) is 20.3. The van der Waals surface area contributed by atoms with Gasteiger partial charge in [0.2, 0.25) is 0 Å². The zero-order chi connectivity index (χ0) is 29.2. The topological polar surface area (TPSA) is 59.1 Å². The van der Waals surface area contributed by atoms with E-state index >= 15 is 4.79 Å². The highest BCUT2D eigenvalue weighted by atomic mass is 16.5. The summed E-state index contributed by atoms with van der Waals surface area (Å²) in [6.45, 7) is 1.54. The summed E-state index contributed by atoms with van der Waals surface area (Å²) in [6, 6.07) is 27.8. The molecule has 6 nitrogen and oxygen atoms in total. The summed E-state index contributed by atoms with van der Waals surface area (Å²) in [5.41, 5.74) is 2.09. The molecule has 2 saturated heterocycles. The number of hydrogen-bond donors (Lipinski definition) is 0. The highest BCUT2D eigenvalue weighted by Crippen LogP contribution is 2.65. The van der Waals surface area contributed by atoms with Gasteiger partial charge in [-0.1, -0.05) is 60.7 Å². The molecule has 2 heterocycles. The number of likely N-dealkylation sites (N-methyl/N-ethyl adjacent to an activating group) is 2. The highest BCUT2D eigenvalue weighted by Gasteiger charge is 2.74. The third kappa shape index (κ3) is 3.45. The average Bonchev–Trinajstić information content (AvgIpc) is 3.43. The number of piperidine rings is 1. The van der Waals surface area contributed by atoms with Gasteiger partial charge in [-0.05, 0) is 71.9 Å². The van der Waals surface area contributed by atoms with Crippen LogP contribution in [0.5, 0.6) is 11.5 Å². The maximum absolute atomic E-state index is 15.3. The minimum atomic E-state index is -1.15. The minimum Gasteiger partial charge on any atom is -0.497 e. The first kappa shape index (κ1) is 26.6. The molecule has 3 atom stereocenters. The Balaban J connectivity index is 1.50. The fraction of sp³-hybridized carbons (Fsp3) is 0.278. The molecule has 2 spiro atoms. The van der Waals surface area contributed by atoms with Crippen molar-refractivity contribution >= 4 is 28.4 Å². The number of hydrogen-bond acceptors (Lipinski definition) is 6. The van der Waals surface area contributed by atoms with Crippen LogP contribution in [0.15, 0.2) is 90.5 Å². The van der Waals surface area contributed by atoms with Crippen molar-refractivity contribution in [3.05, 3.63) is 113 Å². The maximum atomic E-state index is 15.3. The molecule has 1 aliphatic carbocycles. The van der Waals surface area contributed by atoms with E-state index in [9.17, 15) is 4.79 Å². The van der Waals surface area contributed by atoms with E-state index in [4.69, 9.17) is 9.47 Å². The summed E-state index contributed by atoms with van der Waals surface area (Å²) in [4.78, 5) is 34.7. The molecule has 0 saturated carbocycles. The molecule has 0 amide bonds. The third-order valence-electron chi connectivity index (χ3n) is 9.77. The van der Waals surface area contributed by atoms with Gasteiger partial charge in [0.25, 0.3) is 0 Å². The Morgan fingerprint density at radius 1 is 0.810 bits per heavy atom. The van der Waals surface area contributed by atoms with Crippen molar-refractivity contribution < 1.29 is 19.1 Å². The van der Waals surface area contributed by atoms with E-state index in [1.54, 1.807) is 14.2 Å². The van der Waals surface area contributed by atoms with Crippen molar-refractivity contribution in [3.8, 4) is 11.5 Å². The molecule has 0 aromatic heterocycles. The molecule has 0 bridgehead atoms. The average molecular weight is 559 g/mol. The first-order valence-corrected chi connectivity index (χ1v) is 14.4. The van der Waals surface area contributed by atoms with E-state index in [2.05, 4.69) is 47.2 Å². The number of carbonyl (C=O) groups is 2. The van der Waals surface area contributed by atoms with Gasteiger partial charge in [-0.15, -0.1) is 0 Å². The largest absolute Gasteiger partial charge is 0.497 e. The van der Waals surface area contributed by atoms with Crippen molar-refractivity contribution in [1.29, 1.82) is 0 Å². The Hall–Kier alpha value is -4.26. The normalized spacial score (nSPS) is 26.7. The number of ether oxygens (including phenoxy) is 2. The number of fused-ring (bicyclic) bond motifs is 2. The van der Waals surface area contributed by atoms with Gasteiger partial charge in [0.15, 0.2) is 11.6 Å². The van der Waals surface area contributed by atoms with E-state index in [1.165, 1.54) is 0 Å². The monoisotopic (exact) mass is 558 g/mol. The maximum Gasteiger partial charge on any atom is 0.189 e. The molecule has 2 fully saturated rings. The zero-order valence-electron chi connectivity index (χ0n) is 24.4. The number of likely N-dealkylation sites (tertiary alicyclic amines) is 2. The zero-order valence-corrected chi connectivity index (χ0v) is 24.4. The van der Waals surface area contributed by atoms with Gasteiger partial charge < -0.3 is 14.4 Å². The van der Waals surface area contributed by atoms with Crippen molar-refractivity contribution in [2.75, 3.05) is 47.9 Å². The van der Waals surface area contributed by atoms with Crippen LogP contribution in [0.25, 0.3) is 16.8 Å². The molecule has 0 N–H and O–H groups in total. The highest BCUT2D eigenvalue weighted by molar-refractivity contribution is 6.24. The van der Waals surface area contributed by atoms with Gasteiger partial charge in [-0.3, -0.25) is 14.5 Å². The molecule has 0 unspecified atom stereocenters. The molecule has 0 radical (unpaired) electrons. The summed E-state index contributed by atoms with van der Waals surface area (Å²) in [7, 11) is 7.37. The van der Waals surface area contributed by atoms with Crippen LogP contribution in [0.2, 0.25) is 0 Å². The Labute approximate surface area is 246 Å². The molecule has 3 aliphatic rings. The molecule has 4 aromatic rings. The van der Waals surface area contributed by atoms with Gasteiger partial charge >= 0.3 is 0 Å². The van der Waals surface area contributed by atoms with E-state index in [0.717, 1.165) is 39.0 Å². The van der Waals surface area contributed by atoms with Gasteiger partial charge in [0, 0.05) is 36.7 Å². The lowest BCUT2D eigenvalue weighted by atomic mass is 9.55. The van der Waals surface area contributed by atoms with Crippen LogP contribution in [-0.2, 0) is 10.3 Å². The molecule has 2 aliphatic heterocycles. The number of rotatable bonds is 4. The number of methoxy groups -OCH3 is 2. The third-order valence-corrected chi connectivity index (χ3v) is 9.77. The van der Waals surface area contributed by atoms with Gasteiger partial charge in [-0.2, -0.15) is 0 Å². The van der Waals surface area contributed by atoms with Gasteiger partial charge in [-0.25, -0.2) is 0 Å². The molecule has 7 rings (SSSR count). The number of ketones is 2. The Bertz CT molecular complexity index is 1750. The molecule has 42 heavy (non-hydrogen) atoms. The molecular formula is C36H34N2O4. The summed E-state index contributed by atoms with van der Waals surface area (Å²) in [6.07, 6.45) is 1.99. The van der Waals surface area contributed by atoms with Crippen molar-refractivity contribution in [1.82, 2.24) is 9.80 Å². The van der Waals surface area contributed by atoms with E-state index in [1.807, 2.05) is 67.7 Å². The van der Waals surface area contributed by atoms with Crippen molar-refractivity contribution in [2.45, 2.75) is 11.5 Å². The summed E-state index contributed by atoms with van der Waals surface area (Å²) < 4.78 is 10.8. The standard InChI is InChI=1S/C36H34N2O4/c1-37-20-26(19-23-11-15-27(41-3)16-12-23)33(39)35(22-37)31(24-13-17-28(42-4)18-14-24)21-38(2)36(35)30-10-6-8-25-7-5-9-29(32(25)30)34(36)40/h5-19,31H,20-22H2,1-4H3/b26-19+/t31-,35+,36+/m1/s1. The molecular weight excluding hydrogens is 524 g/mol. The van der Waals surface area contributed by atoms with Crippen molar-refractivity contribution in [3.63, 3.8) is 0 Å². The summed E-state index contributed by atoms with van der Waals surface area (Å²) >= 11 is 0. The van der Waals surface area contributed by atoms with Crippen LogP contribution in [0.3, 0.4) is 0 Å². The van der Waals surface area contributed by atoms with E-state index in [0.29, 0.717) is 30.8 Å². The van der Waals surface area contributed by atoms with Crippen LogP contribution in [-0.4, -0.2) is 69.3 Å². The van der Waals surface area contributed by atoms with Crippen LogP contribution < -0.4 is 9.47 Å². The molecule has 6 heteroatoms. The lowest BCUT2D eigenvalue weighted by Gasteiger charge is -2.51. The lowest BCUT2D eigenvalue weighted by molar-refractivity contribution is -0.134. The predicted octanol–water partition coefficient (Wildman–Crippen LogP) is 5.56. The fourth-order valence-corrected chi connectivity index (χ4v) is 8.12. The van der Waals surface area contributed by atoms with Crippen LogP contribution in [0, 0.1) is 5.41 Å². The van der Waals surface area contributed by atoms with E-state index in [-0.39, 0.29) is 17.5 Å². The fourth-order valence-electron chi connectivity index (χ4n) is 8.12. The van der Waals surface area contributed by atoms with Crippen LogP contribution in [0.4, 0.5) is 0 Å². The lowest BCUT2D eigenvalue weighted by Crippen LogP contribution is -2.64. The van der Waals surface area contributed by atoms with Crippen molar-refractivity contribution in [2.24, 2.45) is 5.41 Å². The Morgan fingerprint density at radius 3 is 2.12 bits per heavy atom. The quantitative estimate of drug-likeness (QED) is 0.306. The van der Waals surface area contributed by atoms with Crippen LogP contribution >= 0.6 is 0 Å². The number of carbonyl (C=O) groups excluding carboxylic acids is 2.